The second kappa shape index (κ2) is 2.13. The average Bonchev–Trinajstić information content (AvgIpc) is 2.12. The summed E-state index contributed by atoms with van der Waals surface area (Å²) in [4.78, 5) is 10.1. The Balaban J connectivity index is 2.35. The van der Waals surface area contributed by atoms with Crippen molar-refractivity contribution in [3.63, 3.8) is 0 Å². The third-order valence-electron chi connectivity index (χ3n) is 1.24. The first-order chi connectivity index (χ1) is 3.80. The van der Waals surface area contributed by atoms with Crippen molar-refractivity contribution >= 4 is 5.97 Å². The number of hydrogen-bond donors (Lipinski definition) is 2. The molecule has 1 heterocycles. The molecule has 3 heteroatoms. The van der Waals surface area contributed by atoms with E-state index in [1.807, 2.05) is 0 Å². The third-order valence-corrected chi connectivity index (χ3v) is 1.24. The predicted molar refractivity (Wildman–Crippen MR) is 28.0 cm³/mol. The fourth-order valence-corrected chi connectivity index (χ4v) is 0.743. The highest BCUT2D eigenvalue weighted by Gasteiger charge is 2.21. The molecule has 1 radical (unpaired) electrons. The second-order valence-corrected chi connectivity index (χ2v) is 1.85. The lowest BCUT2D eigenvalue weighted by Gasteiger charge is -1.95. The maximum absolute atomic E-state index is 10.1. The summed E-state index contributed by atoms with van der Waals surface area (Å²) in [6, 6.07) is 0. The Morgan fingerprint density at radius 3 is 2.88 bits per heavy atom. The van der Waals surface area contributed by atoms with Crippen molar-refractivity contribution in [3.8, 4) is 0 Å². The van der Waals surface area contributed by atoms with E-state index in [0.717, 1.165) is 13.0 Å². The number of rotatable bonds is 1. The van der Waals surface area contributed by atoms with Crippen LogP contribution in [0, 0.1) is 12.5 Å². The molecule has 3 nitrogen and oxygen atoms in total. The molecular weight excluding hydrogens is 106 g/mol. The van der Waals surface area contributed by atoms with E-state index in [4.69, 9.17) is 5.11 Å². The zero-order valence-corrected chi connectivity index (χ0v) is 4.42. The summed E-state index contributed by atoms with van der Waals surface area (Å²) < 4.78 is 0. The molecule has 1 aliphatic rings. The number of carboxylic acid groups (broad SMARTS) is 1. The molecule has 2 N–H and O–H groups in total. The van der Waals surface area contributed by atoms with Gasteiger partial charge in [-0.1, -0.05) is 0 Å². The van der Waals surface area contributed by atoms with Crippen LogP contribution in [0.3, 0.4) is 0 Å². The minimum atomic E-state index is -0.727. The van der Waals surface area contributed by atoms with Gasteiger partial charge in [-0.05, 0) is 13.0 Å². The molecule has 1 aliphatic heterocycles. The van der Waals surface area contributed by atoms with Crippen molar-refractivity contribution < 1.29 is 9.90 Å². The van der Waals surface area contributed by atoms with Gasteiger partial charge in [0.2, 0.25) is 0 Å². The summed E-state index contributed by atoms with van der Waals surface area (Å²) in [7, 11) is 0. The summed E-state index contributed by atoms with van der Waals surface area (Å²) in [5, 5.41) is 11.2. The van der Waals surface area contributed by atoms with Gasteiger partial charge in [0.25, 0.3) is 0 Å². The van der Waals surface area contributed by atoms with Crippen LogP contribution >= 0.6 is 0 Å². The van der Waals surface area contributed by atoms with Gasteiger partial charge in [-0.15, -0.1) is 0 Å². The molecule has 1 saturated heterocycles. The molecule has 0 aliphatic carbocycles. The van der Waals surface area contributed by atoms with Crippen molar-refractivity contribution in [1.82, 2.24) is 5.32 Å². The van der Waals surface area contributed by atoms with Gasteiger partial charge in [-0.2, -0.15) is 0 Å². The first kappa shape index (κ1) is 5.56. The SMILES string of the molecule is O=C(O)C1[CH]NCC1. The number of nitrogens with one attached hydrogen (secondary N) is 1. The standard InChI is InChI=1S/C5H8NO2/c7-5(8)4-1-2-6-3-4/h3-4,6H,1-2H2,(H,7,8). The van der Waals surface area contributed by atoms with Crippen LogP contribution in [0.1, 0.15) is 6.42 Å². The molecule has 1 fully saturated rings. The minimum absolute atomic E-state index is 0.255. The first-order valence-corrected chi connectivity index (χ1v) is 2.60. The largest absolute Gasteiger partial charge is 0.481 e. The minimum Gasteiger partial charge on any atom is -0.481 e. The first-order valence-electron chi connectivity index (χ1n) is 2.60. The maximum Gasteiger partial charge on any atom is 0.308 e. The van der Waals surface area contributed by atoms with Crippen LogP contribution in [-0.4, -0.2) is 17.6 Å². The van der Waals surface area contributed by atoms with Gasteiger partial charge < -0.3 is 10.4 Å². The molecule has 1 unspecified atom stereocenters. The number of hydrogen-bond acceptors (Lipinski definition) is 2. The number of aliphatic carboxylic acids is 1. The summed E-state index contributed by atoms with van der Waals surface area (Å²) in [6.07, 6.45) is 0.731. The predicted octanol–water partition coefficient (Wildman–Crippen LogP) is -0.158. The Kier molecular flexibility index (Phi) is 1.48. The number of carboxylic acids is 1. The number of carbonyl (C=O) groups is 1. The van der Waals surface area contributed by atoms with Crippen molar-refractivity contribution in [3.05, 3.63) is 6.54 Å². The Hall–Kier alpha value is -0.570. The highest BCUT2D eigenvalue weighted by atomic mass is 16.4. The van der Waals surface area contributed by atoms with Crippen LogP contribution < -0.4 is 5.32 Å². The highest BCUT2D eigenvalue weighted by Crippen LogP contribution is 2.10. The molecule has 8 heavy (non-hydrogen) atoms. The van der Waals surface area contributed by atoms with E-state index in [1.165, 1.54) is 0 Å². The zero-order chi connectivity index (χ0) is 5.98. The molecule has 0 amide bonds. The van der Waals surface area contributed by atoms with Crippen molar-refractivity contribution in [1.29, 1.82) is 0 Å². The Morgan fingerprint density at radius 2 is 2.62 bits per heavy atom. The second-order valence-electron chi connectivity index (χ2n) is 1.85. The van der Waals surface area contributed by atoms with Crippen LogP contribution in [0.2, 0.25) is 0 Å². The fraction of sp³-hybridized carbons (Fsp3) is 0.600. The van der Waals surface area contributed by atoms with Gasteiger partial charge >= 0.3 is 5.97 Å². The summed E-state index contributed by atoms with van der Waals surface area (Å²) in [6.45, 7) is 2.43. The summed E-state index contributed by atoms with van der Waals surface area (Å²) in [5.74, 6) is -0.981. The molecule has 0 bridgehead atoms. The van der Waals surface area contributed by atoms with Gasteiger partial charge in [0.1, 0.15) is 0 Å². The van der Waals surface area contributed by atoms with Crippen LogP contribution in [0.4, 0.5) is 0 Å². The zero-order valence-electron chi connectivity index (χ0n) is 4.42. The summed E-state index contributed by atoms with van der Waals surface area (Å²) >= 11 is 0. The van der Waals surface area contributed by atoms with Crippen molar-refractivity contribution in [2.24, 2.45) is 5.92 Å². The molecule has 45 valence electrons. The van der Waals surface area contributed by atoms with Crippen molar-refractivity contribution in [2.75, 3.05) is 6.54 Å². The van der Waals surface area contributed by atoms with Gasteiger partial charge in [0.05, 0.1) is 5.92 Å². The lowest BCUT2D eigenvalue weighted by molar-refractivity contribution is -0.140. The van der Waals surface area contributed by atoms with Crippen LogP contribution in [-0.2, 0) is 4.79 Å². The smallest absolute Gasteiger partial charge is 0.308 e. The van der Waals surface area contributed by atoms with Gasteiger partial charge in [-0.3, -0.25) is 4.79 Å². The van der Waals surface area contributed by atoms with Crippen LogP contribution in [0.25, 0.3) is 0 Å². The van der Waals surface area contributed by atoms with Gasteiger partial charge in [0, 0.05) is 6.54 Å². The normalized spacial score (nSPS) is 28.2. The Bertz CT molecular complexity index is 96.6. The Labute approximate surface area is 47.7 Å². The van der Waals surface area contributed by atoms with Crippen LogP contribution in [0.15, 0.2) is 0 Å². The molecule has 0 aromatic carbocycles. The topological polar surface area (TPSA) is 49.3 Å². The molecular formula is C5H8NO2. The lowest BCUT2D eigenvalue weighted by atomic mass is 10.1. The highest BCUT2D eigenvalue weighted by molar-refractivity contribution is 5.71. The fourth-order valence-electron chi connectivity index (χ4n) is 0.743. The van der Waals surface area contributed by atoms with E-state index >= 15 is 0 Å². The van der Waals surface area contributed by atoms with Crippen LogP contribution in [0.5, 0.6) is 0 Å². The Morgan fingerprint density at radius 1 is 1.88 bits per heavy atom. The maximum atomic E-state index is 10.1. The van der Waals surface area contributed by atoms with E-state index < -0.39 is 5.97 Å². The average molecular weight is 114 g/mol. The summed E-state index contributed by atoms with van der Waals surface area (Å²) in [5.41, 5.74) is 0. The molecule has 0 aromatic rings. The van der Waals surface area contributed by atoms with E-state index in [-0.39, 0.29) is 5.92 Å². The van der Waals surface area contributed by atoms with E-state index in [2.05, 4.69) is 5.32 Å². The monoisotopic (exact) mass is 114 g/mol. The molecule has 0 saturated carbocycles. The molecule has 0 aromatic heterocycles. The lowest BCUT2D eigenvalue weighted by Crippen LogP contribution is -2.11. The molecule has 0 spiro atoms. The quantitative estimate of drug-likeness (QED) is 0.498. The van der Waals surface area contributed by atoms with E-state index in [9.17, 15) is 4.79 Å². The van der Waals surface area contributed by atoms with Crippen molar-refractivity contribution in [2.45, 2.75) is 6.42 Å². The van der Waals surface area contributed by atoms with Gasteiger partial charge in [-0.25, -0.2) is 0 Å². The molecule has 1 rings (SSSR count). The van der Waals surface area contributed by atoms with E-state index in [0.29, 0.717) is 0 Å². The molecule has 1 atom stereocenters. The van der Waals surface area contributed by atoms with Gasteiger partial charge in [0.15, 0.2) is 0 Å². The third kappa shape index (κ3) is 0.980. The van der Waals surface area contributed by atoms with E-state index in [1.54, 1.807) is 6.54 Å².